The van der Waals surface area contributed by atoms with Crippen LogP contribution in [0.4, 0.5) is 5.69 Å². The van der Waals surface area contributed by atoms with Crippen molar-refractivity contribution in [3.8, 4) is 0 Å². The molecular formula is C15H22N2. The van der Waals surface area contributed by atoms with Gasteiger partial charge in [0.2, 0.25) is 0 Å². The van der Waals surface area contributed by atoms with E-state index in [9.17, 15) is 0 Å². The molecule has 0 aliphatic carbocycles. The summed E-state index contributed by atoms with van der Waals surface area (Å²) in [7, 11) is 0. The highest BCUT2D eigenvalue weighted by atomic mass is 15.2. The fourth-order valence-electron chi connectivity index (χ4n) is 3.32. The molecule has 17 heavy (non-hydrogen) atoms. The zero-order valence-corrected chi connectivity index (χ0v) is 10.7. The molecule has 0 aromatic heterocycles. The first-order valence-corrected chi connectivity index (χ1v) is 6.98. The van der Waals surface area contributed by atoms with Crippen molar-refractivity contribution in [2.24, 2.45) is 0 Å². The van der Waals surface area contributed by atoms with Gasteiger partial charge in [-0.1, -0.05) is 31.5 Å². The molecule has 2 aliphatic heterocycles. The van der Waals surface area contributed by atoms with Crippen molar-refractivity contribution in [3.63, 3.8) is 0 Å². The van der Waals surface area contributed by atoms with Crippen LogP contribution in [-0.2, 0) is 12.8 Å². The van der Waals surface area contributed by atoms with Gasteiger partial charge in [0.25, 0.3) is 0 Å². The average Bonchev–Trinajstić information content (AvgIpc) is 2.54. The van der Waals surface area contributed by atoms with E-state index in [-0.39, 0.29) is 0 Å². The monoisotopic (exact) mass is 230 g/mol. The van der Waals surface area contributed by atoms with Crippen LogP contribution in [0.1, 0.15) is 30.9 Å². The molecule has 1 N–H and O–H groups in total. The lowest BCUT2D eigenvalue weighted by Crippen LogP contribution is -2.37. The second kappa shape index (κ2) is 4.69. The van der Waals surface area contributed by atoms with Crippen LogP contribution in [0.3, 0.4) is 0 Å². The lowest BCUT2D eigenvalue weighted by molar-refractivity contribution is 0.612. The maximum Gasteiger partial charge on any atom is 0.0455 e. The zero-order valence-electron chi connectivity index (χ0n) is 10.7. The number of anilines is 1. The number of hydrogen-bond donors (Lipinski definition) is 1. The minimum Gasteiger partial charge on any atom is -0.366 e. The Bertz CT molecular complexity index is 400. The molecule has 2 heterocycles. The van der Waals surface area contributed by atoms with Crippen molar-refractivity contribution in [1.82, 2.24) is 5.32 Å². The normalized spacial score (nSPS) is 23.1. The Balaban J connectivity index is 1.97. The smallest absolute Gasteiger partial charge is 0.0455 e. The van der Waals surface area contributed by atoms with E-state index in [0.29, 0.717) is 6.04 Å². The van der Waals surface area contributed by atoms with E-state index in [2.05, 4.69) is 35.3 Å². The predicted molar refractivity (Wildman–Crippen MR) is 72.8 cm³/mol. The van der Waals surface area contributed by atoms with Gasteiger partial charge >= 0.3 is 0 Å². The van der Waals surface area contributed by atoms with E-state index in [4.69, 9.17) is 0 Å². The van der Waals surface area contributed by atoms with E-state index in [1.165, 1.54) is 38.8 Å². The molecule has 2 heteroatoms. The van der Waals surface area contributed by atoms with Gasteiger partial charge in [-0.25, -0.2) is 0 Å². The molecule has 0 amide bonds. The third kappa shape index (κ3) is 1.95. The van der Waals surface area contributed by atoms with Gasteiger partial charge in [0, 0.05) is 24.8 Å². The molecule has 1 atom stereocenters. The summed E-state index contributed by atoms with van der Waals surface area (Å²) in [6.45, 7) is 5.83. The van der Waals surface area contributed by atoms with Gasteiger partial charge in [0.1, 0.15) is 0 Å². The quantitative estimate of drug-likeness (QED) is 0.839. The van der Waals surface area contributed by atoms with Gasteiger partial charge in [-0.3, -0.25) is 0 Å². The van der Waals surface area contributed by atoms with E-state index in [1.54, 1.807) is 16.8 Å². The van der Waals surface area contributed by atoms with Crippen molar-refractivity contribution < 1.29 is 0 Å². The van der Waals surface area contributed by atoms with Crippen LogP contribution < -0.4 is 10.2 Å². The molecular weight excluding hydrogens is 208 g/mol. The maximum absolute atomic E-state index is 3.56. The largest absolute Gasteiger partial charge is 0.366 e. The van der Waals surface area contributed by atoms with Crippen molar-refractivity contribution in [1.29, 1.82) is 0 Å². The molecule has 92 valence electrons. The van der Waals surface area contributed by atoms with Gasteiger partial charge in [-0.15, -0.1) is 0 Å². The van der Waals surface area contributed by atoms with Crippen molar-refractivity contribution >= 4 is 5.69 Å². The van der Waals surface area contributed by atoms with Crippen LogP contribution in [-0.4, -0.2) is 25.7 Å². The Kier molecular flexibility index (Phi) is 3.06. The molecule has 0 radical (unpaired) electrons. The third-order valence-electron chi connectivity index (χ3n) is 4.04. The summed E-state index contributed by atoms with van der Waals surface area (Å²) < 4.78 is 0. The topological polar surface area (TPSA) is 15.3 Å². The first-order chi connectivity index (χ1) is 8.40. The number of fused-ring (bicyclic) bond motifs is 3. The Morgan fingerprint density at radius 1 is 1.41 bits per heavy atom. The fourth-order valence-corrected chi connectivity index (χ4v) is 3.32. The highest BCUT2D eigenvalue weighted by molar-refractivity contribution is 5.65. The number of benzene rings is 1. The van der Waals surface area contributed by atoms with Crippen LogP contribution in [0, 0.1) is 0 Å². The molecule has 0 saturated carbocycles. The molecule has 1 fully saturated rings. The molecule has 1 aromatic rings. The summed E-state index contributed by atoms with van der Waals surface area (Å²) in [4.78, 5) is 2.67. The van der Waals surface area contributed by atoms with E-state index in [0.717, 1.165) is 6.54 Å². The average molecular weight is 230 g/mol. The standard InChI is InChI=1S/C15H22N2/c1-2-5-12-6-3-7-13-10-14-11-16-8-4-9-17(14)15(12)13/h3,6-7,14,16H,2,4-5,8-11H2,1H3. The molecule has 2 nitrogen and oxygen atoms in total. The van der Waals surface area contributed by atoms with Crippen LogP contribution in [0.25, 0.3) is 0 Å². The van der Waals surface area contributed by atoms with Crippen molar-refractivity contribution in [3.05, 3.63) is 29.3 Å². The van der Waals surface area contributed by atoms with Gasteiger partial charge in [0.15, 0.2) is 0 Å². The number of hydrogen-bond acceptors (Lipinski definition) is 2. The number of rotatable bonds is 2. The first kappa shape index (κ1) is 11.1. The Labute approximate surface area is 104 Å². The van der Waals surface area contributed by atoms with E-state index >= 15 is 0 Å². The van der Waals surface area contributed by atoms with Crippen LogP contribution in [0.5, 0.6) is 0 Å². The maximum atomic E-state index is 3.56. The molecule has 1 saturated heterocycles. The van der Waals surface area contributed by atoms with Crippen LogP contribution in [0.2, 0.25) is 0 Å². The Morgan fingerprint density at radius 3 is 3.24 bits per heavy atom. The SMILES string of the molecule is CCCc1cccc2c1N1CCCNCC1C2. The van der Waals surface area contributed by atoms with Crippen molar-refractivity contribution in [2.75, 3.05) is 24.5 Å². The van der Waals surface area contributed by atoms with E-state index < -0.39 is 0 Å². The van der Waals surface area contributed by atoms with Gasteiger partial charge in [-0.2, -0.15) is 0 Å². The molecule has 0 bridgehead atoms. The van der Waals surface area contributed by atoms with E-state index in [1.807, 2.05) is 0 Å². The van der Waals surface area contributed by atoms with Gasteiger partial charge < -0.3 is 10.2 Å². The number of aryl methyl sites for hydroxylation is 1. The Morgan fingerprint density at radius 2 is 2.35 bits per heavy atom. The van der Waals surface area contributed by atoms with Gasteiger partial charge in [-0.05, 0) is 36.9 Å². The van der Waals surface area contributed by atoms with Crippen LogP contribution >= 0.6 is 0 Å². The number of para-hydroxylation sites is 1. The molecule has 2 aliphatic rings. The Hall–Kier alpha value is -1.02. The first-order valence-electron chi connectivity index (χ1n) is 6.98. The number of nitrogens with one attached hydrogen (secondary N) is 1. The van der Waals surface area contributed by atoms with Gasteiger partial charge in [0.05, 0.1) is 0 Å². The molecule has 3 rings (SSSR count). The van der Waals surface area contributed by atoms with Crippen molar-refractivity contribution in [2.45, 2.75) is 38.6 Å². The fraction of sp³-hybridized carbons (Fsp3) is 0.600. The summed E-state index contributed by atoms with van der Waals surface area (Å²) in [5.41, 5.74) is 4.71. The second-order valence-corrected chi connectivity index (χ2v) is 5.28. The minimum atomic E-state index is 0.700. The second-order valence-electron chi connectivity index (χ2n) is 5.28. The lowest BCUT2D eigenvalue weighted by atomic mass is 10.0. The highest BCUT2D eigenvalue weighted by Gasteiger charge is 2.31. The minimum absolute atomic E-state index is 0.700. The summed E-state index contributed by atoms with van der Waals surface area (Å²) >= 11 is 0. The predicted octanol–water partition coefficient (Wildman–Crippen LogP) is 2.36. The summed E-state index contributed by atoms with van der Waals surface area (Å²) in [6.07, 6.45) is 4.98. The summed E-state index contributed by atoms with van der Waals surface area (Å²) in [5.74, 6) is 0. The third-order valence-corrected chi connectivity index (χ3v) is 4.04. The summed E-state index contributed by atoms with van der Waals surface area (Å²) in [6, 6.07) is 7.58. The molecule has 0 spiro atoms. The highest BCUT2D eigenvalue weighted by Crippen LogP contribution is 2.36. The molecule has 1 unspecified atom stereocenters. The molecule has 1 aromatic carbocycles. The number of nitrogens with zero attached hydrogens (tertiary/aromatic N) is 1. The lowest BCUT2D eigenvalue weighted by Gasteiger charge is -2.26. The zero-order chi connectivity index (χ0) is 11.7. The van der Waals surface area contributed by atoms with Crippen LogP contribution in [0.15, 0.2) is 18.2 Å². The summed E-state index contributed by atoms with van der Waals surface area (Å²) in [5, 5.41) is 3.56.